The summed E-state index contributed by atoms with van der Waals surface area (Å²) < 4.78 is 11.1. The van der Waals surface area contributed by atoms with Crippen LogP contribution in [0.3, 0.4) is 0 Å². The highest BCUT2D eigenvalue weighted by atomic mass is 16.5. The molecule has 4 N–H and O–H groups in total. The first-order valence-corrected chi connectivity index (χ1v) is 10.4. The summed E-state index contributed by atoms with van der Waals surface area (Å²) >= 11 is 0. The number of rotatable bonds is 14. The van der Waals surface area contributed by atoms with Gasteiger partial charge in [0.05, 0.1) is 13.2 Å². The molecule has 0 amide bonds. The van der Waals surface area contributed by atoms with Gasteiger partial charge in [-0.1, -0.05) is 12.1 Å². The van der Waals surface area contributed by atoms with Crippen molar-refractivity contribution in [3.05, 3.63) is 66.6 Å². The van der Waals surface area contributed by atoms with Gasteiger partial charge in [-0.25, -0.2) is 0 Å². The molecule has 2 aromatic rings. The minimum absolute atomic E-state index is 0.0570. The first-order valence-electron chi connectivity index (χ1n) is 10.4. The first kappa shape index (κ1) is 25.3. The lowest BCUT2D eigenvalue weighted by Crippen LogP contribution is -2.54. The smallest absolute Gasteiger partial charge is 0.321 e. The zero-order valence-electron chi connectivity index (χ0n) is 18.1. The lowest BCUT2D eigenvalue weighted by atomic mass is 9.99. The molecule has 0 aliphatic carbocycles. The summed E-state index contributed by atoms with van der Waals surface area (Å²) in [5.41, 5.74) is -0.207. The van der Waals surface area contributed by atoms with Gasteiger partial charge >= 0.3 is 5.97 Å². The summed E-state index contributed by atoms with van der Waals surface area (Å²) in [7, 11) is 0. The Kier molecular flexibility index (Phi) is 9.64. The van der Waals surface area contributed by atoms with Crippen molar-refractivity contribution in [1.29, 1.82) is 0 Å². The molecule has 0 aliphatic rings. The maximum Gasteiger partial charge on any atom is 0.321 e. The van der Waals surface area contributed by atoms with Gasteiger partial charge in [0.1, 0.15) is 23.3 Å². The molecule has 0 saturated heterocycles. The molecule has 32 heavy (non-hydrogen) atoms. The number of benzene rings is 2. The SMILES string of the molecule is [CH2]C(CCC(=O)c1ccc(O)cc1)(N[C@@H](Cc1ccc(O)cc1)C(=O)O)OCCOCC. The van der Waals surface area contributed by atoms with Crippen molar-refractivity contribution in [3.63, 3.8) is 0 Å². The fraction of sp³-hybridized carbons (Fsp3) is 0.375. The number of phenolic OH excluding ortho intramolecular Hbond substituents is 2. The molecule has 2 aromatic carbocycles. The van der Waals surface area contributed by atoms with E-state index in [4.69, 9.17) is 9.47 Å². The normalized spacial score (nSPS) is 13.9. The van der Waals surface area contributed by atoms with Gasteiger partial charge in [-0.3, -0.25) is 14.9 Å². The van der Waals surface area contributed by atoms with Crippen LogP contribution in [0.5, 0.6) is 11.5 Å². The lowest BCUT2D eigenvalue weighted by molar-refractivity contribution is -0.143. The topological polar surface area (TPSA) is 125 Å². The first-order chi connectivity index (χ1) is 15.2. The molecule has 1 unspecified atom stereocenters. The summed E-state index contributed by atoms with van der Waals surface area (Å²) in [5, 5.41) is 31.5. The second-order valence-corrected chi connectivity index (χ2v) is 7.42. The van der Waals surface area contributed by atoms with Crippen molar-refractivity contribution >= 4 is 11.8 Å². The van der Waals surface area contributed by atoms with Crippen LogP contribution in [0.25, 0.3) is 0 Å². The Morgan fingerprint density at radius 3 is 2.19 bits per heavy atom. The number of carbonyl (C=O) groups is 2. The van der Waals surface area contributed by atoms with Gasteiger partial charge in [-0.15, -0.1) is 0 Å². The third-order valence-corrected chi connectivity index (χ3v) is 4.87. The van der Waals surface area contributed by atoms with Crippen LogP contribution in [0.1, 0.15) is 35.7 Å². The van der Waals surface area contributed by atoms with Crippen LogP contribution in [0, 0.1) is 6.92 Å². The van der Waals surface area contributed by atoms with Crippen LogP contribution in [0.4, 0.5) is 0 Å². The molecule has 2 rings (SSSR count). The van der Waals surface area contributed by atoms with E-state index in [-0.39, 0.29) is 43.2 Å². The van der Waals surface area contributed by atoms with Gasteiger partial charge in [0.25, 0.3) is 0 Å². The van der Waals surface area contributed by atoms with E-state index < -0.39 is 17.7 Å². The molecule has 1 radical (unpaired) electrons. The fourth-order valence-corrected chi connectivity index (χ4v) is 3.12. The predicted molar refractivity (Wildman–Crippen MR) is 119 cm³/mol. The highest BCUT2D eigenvalue weighted by Crippen LogP contribution is 2.20. The Hall–Kier alpha value is -2.94. The van der Waals surface area contributed by atoms with E-state index in [1.54, 1.807) is 12.1 Å². The van der Waals surface area contributed by atoms with E-state index in [1.807, 2.05) is 6.92 Å². The summed E-state index contributed by atoms with van der Waals surface area (Å²) in [6, 6.07) is 11.1. The van der Waals surface area contributed by atoms with E-state index >= 15 is 0 Å². The average molecular weight is 445 g/mol. The molecule has 0 aliphatic heterocycles. The van der Waals surface area contributed by atoms with E-state index in [0.29, 0.717) is 24.3 Å². The number of phenols is 2. The number of aliphatic carboxylic acids is 1. The molecular weight excluding hydrogens is 414 g/mol. The Balaban J connectivity index is 2.10. The third kappa shape index (κ3) is 8.30. The van der Waals surface area contributed by atoms with Crippen molar-refractivity contribution < 1.29 is 34.4 Å². The minimum atomic E-state index is -1.34. The number of ether oxygens (including phenoxy) is 2. The lowest BCUT2D eigenvalue weighted by Gasteiger charge is -2.34. The Labute approximate surface area is 187 Å². The molecule has 8 heteroatoms. The summed E-state index contributed by atoms with van der Waals surface area (Å²) in [5.74, 6) is -1.12. The summed E-state index contributed by atoms with van der Waals surface area (Å²) in [4.78, 5) is 24.5. The maximum atomic E-state index is 12.6. The van der Waals surface area contributed by atoms with Gasteiger partial charge in [-0.05, 0) is 68.7 Å². The number of carbonyl (C=O) groups excluding carboxylic acids is 1. The highest BCUT2D eigenvalue weighted by molar-refractivity contribution is 5.96. The van der Waals surface area contributed by atoms with E-state index in [0.717, 1.165) is 0 Å². The zero-order chi connectivity index (χ0) is 23.6. The summed E-state index contributed by atoms with van der Waals surface area (Å²) in [6.07, 6.45) is 0.313. The third-order valence-electron chi connectivity index (χ3n) is 4.87. The molecule has 0 heterocycles. The van der Waals surface area contributed by atoms with Gasteiger partial charge in [-0.2, -0.15) is 0 Å². The molecule has 173 valence electrons. The highest BCUT2D eigenvalue weighted by Gasteiger charge is 2.32. The molecule has 0 fully saturated rings. The Bertz CT molecular complexity index is 867. The molecular formula is C24H30NO7. The average Bonchev–Trinajstić information content (AvgIpc) is 2.77. The van der Waals surface area contributed by atoms with Crippen LogP contribution in [-0.2, 0) is 20.7 Å². The standard InChI is InChI=1S/C24H30NO7/c1-3-31-14-15-32-24(2,13-12-22(28)18-6-10-20(27)11-7-18)25-21(23(29)30)16-17-4-8-19(26)9-5-17/h4-11,21,25-27H,2-3,12-16H2,1H3,(H,29,30)/t21-,24?/m0/s1. The van der Waals surface area contributed by atoms with Crippen LogP contribution in [0.2, 0.25) is 0 Å². The molecule has 0 spiro atoms. The Morgan fingerprint density at radius 1 is 1.03 bits per heavy atom. The van der Waals surface area contributed by atoms with Crippen molar-refractivity contribution in [1.82, 2.24) is 5.32 Å². The number of ketones is 1. The largest absolute Gasteiger partial charge is 0.508 e. The second-order valence-electron chi connectivity index (χ2n) is 7.42. The van der Waals surface area contributed by atoms with E-state index in [2.05, 4.69) is 12.2 Å². The van der Waals surface area contributed by atoms with Crippen LogP contribution in [-0.4, -0.2) is 58.7 Å². The number of hydrogen-bond donors (Lipinski definition) is 4. The zero-order valence-corrected chi connectivity index (χ0v) is 18.1. The van der Waals surface area contributed by atoms with Gasteiger partial charge in [0.15, 0.2) is 5.78 Å². The van der Waals surface area contributed by atoms with E-state index in [9.17, 15) is 24.9 Å². The number of hydrogen-bond acceptors (Lipinski definition) is 7. The maximum absolute atomic E-state index is 12.6. The van der Waals surface area contributed by atoms with Crippen molar-refractivity contribution in [3.8, 4) is 11.5 Å². The minimum Gasteiger partial charge on any atom is -0.508 e. The number of nitrogens with one attached hydrogen (secondary N) is 1. The number of Topliss-reactive ketones (excluding diaryl/α,β-unsaturated/α-hetero) is 1. The fourth-order valence-electron chi connectivity index (χ4n) is 3.12. The second kappa shape index (κ2) is 12.2. The number of aromatic hydroxyl groups is 2. The molecule has 2 atom stereocenters. The van der Waals surface area contributed by atoms with Crippen LogP contribution in [0.15, 0.2) is 48.5 Å². The Morgan fingerprint density at radius 2 is 1.62 bits per heavy atom. The van der Waals surface area contributed by atoms with Gasteiger partial charge < -0.3 is 24.8 Å². The molecule has 0 bridgehead atoms. The molecule has 0 aromatic heterocycles. The van der Waals surface area contributed by atoms with Gasteiger partial charge in [0.2, 0.25) is 0 Å². The van der Waals surface area contributed by atoms with Crippen molar-refractivity contribution in [2.24, 2.45) is 0 Å². The van der Waals surface area contributed by atoms with E-state index in [1.165, 1.54) is 36.4 Å². The molecule has 8 nitrogen and oxygen atoms in total. The quantitative estimate of drug-likeness (QED) is 0.199. The van der Waals surface area contributed by atoms with Crippen LogP contribution < -0.4 is 5.32 Å². The van der Waals surface area contributed by atoms with Crippen molar-refractivity contribution in [2.45, 2.75) is 38.0 Å². The summed E-state index contributed by atoms with van der Waals surface area (Å²) in [6.45, 7) is 6.88. The number of carboxylic acids is 1. The molecule has 0 saturated carbocycles. The van der Waals surface area contributed by atoms with Crippen LogP contribution >= 0.6 is 0 Å². The van der Waals surface area contributed by atoms with Gasteiger partial charge in [0, 0.05) is 18.6 Å². The number of carboxylic acid groups (broad SMARTS) is 1. The monoisotopic (exact) mass is 444 g/mol. The predicted octanol–water partition coefficient (Wildman–Crippen LogP) is 2.93. The van der Waals surface area contributed by atoms with Crippen molar-refractivity contribution in [2.75, 3.05) is 19.8 Å².